The van der Waals surface area contributed by atoms with Gasteiger partial charge in [-0.1, -0.05) is 30.3 Å². The van der Waals surface area contributed by atoms with Crippen LogP contribution in [0.3, 0.4) is 0 Å². The summed E-state index contributed by atoms with van der Waals surface area (Å²) in [6.45, 7) is 2.97. The summed E-state index contributed by atoms with van der Waals surface area (Å²) >= 11 is 0. The Hall–Kier alpha value is -1.43. The van der Waals surface area contributed by atoms with Crippen molar-refractivity contribution in [3.8, 4) is 0 Å². The first-order valence-corrected chi connectivity index (χ1v) is 6.26. The second-order valence-electron chi connectivity index (χ2n) is 4.33. The van der Waals surface area contributed by atoms with Crippen LogP contribution >= 0.6 is 0 Å². The normalized spacial score (nSPS) is 23.0. The second-order valence-corrected chi connectivity index (χ2v) is 4.33. The summed E-state index contributed by atoms with van der Waals surface area (Å²) in [4.78, 5) is 10.7. The minimum absolute atomic E-state index is 0.115. The molecule has 0 bridgehead atoms. The number of hydrogen-bond donors (Lipinski definition) is 0. The molecule has 2 rings (SSSR count). The molecule has 0 radical (unpaired) electrons. The van der Waals surface area contributed by atoms with Gasteiger partial charge in [0.2, 0.25) is 6.29 Å². The van der Waals surface area contributed by atoms with E-state index in [4.69, 9.17) is 18.9 Å². The lowest BCUT2D eigenvalue weighted by Gasteiger charge is -2.28. The summed E-state index contributed by atoms with van der Waals surface area (Å²) in [5.41, 5.74) is 1.12. The van der Waals surface area contributed by atoms with Gasteiger partial charge in [0, 0.05) is 6.92 Å². The van der Waals surface area contributed by atoms with Crippen molar-refractivity contribution in [1.29, 1.82) is 0 Å². The number of carbonyl (C=O) groups excluding carboxylic acids is 1. The van der Waals surface area contributed by atoms with E-state index in [1.54, 1.807) is 0 Å². The molecule has 1 saturated heterocycles. The molecular weight excluding hydrogens is 248 g/mol. The molecule has 19 heavy (non-hydrogen) atoms. The lowest BCUT2D eigenvalue weighted by atomic mass is 10.2. The van der Waals surface area contributed by atoms with Crippen LogP contribution in [-0.2, 0) is 30.3 Å². The molecule has 1 aliphatic rings. The fourth-order valence-electron chi connectivity index (χ4n) is 1.76. The van der Waals surface area contributed by atoms with Gasteiger partial charge in [-0.15, -0.1) is 0 Å². The highest BCUT2D eigenvalue weighted by molar-refractivity contribution is 5.66. The number of benzene rings is 1. The molecule has 104 valence electrons. The van der Waals surface area contributed by atoms with Crippen molar-refractivity contribution in [3.05, 3.63) is 35.9 Å². The summed E-state index contributed by atoms with van der Waals surface area (Å²) < 4.78 is 21.3. The Balaban J connectivity index is 1.62. The van der Waals surface area contributed by atoms with E-state index in [1.807, 2.05) is 30.3 Å². The van der Waals surface area contributed by atoms with Crippen LogP contribution in [0.25, 0.3) is 0 Å². The first-order valence-electron chi connectivity index (χ1n) is 6.26. The third-order valence-corrected chi connectivity index (χ3v) is 2.65. The van der Waals surface area contributed by atoms with Crippen LogP contribution < -0.4 is 0 Å². The van der Waals surface area contributed by atoms with Crippen LogP contribution in [0.15, 0.2) is 30.3 Å². The van der Waals surface area contributed by atoms with Gasteiger partial charge >= 0.3 is 5.97 Å². The van der Waals surface area contributed by atoms with Gasteiger partial charge in [0.05, 0.1) is 19.8 Å². The van der Waals surface area contributed by atoms with Crippen LogP contribution in [0.2, 0.25) is 0 Å². The summed E-state index contributed by atoms with van der Waals surface area (Å²) in [5.74, 6) is -0.368. The Labute approximate surface area is 112 Å². The van der Waals surface area contributed by atoms with E-state index >= 15 is 0 Å². The van der Waals surface area contributed by atoms with Crippen LogP contribution in [0, 0.1) is 0 Å². The molecular formula is C14H18O5. The van der Waals surface area contributed by atoms with Crippen molar-refractivity contribution in [2.45, 2.75) is 25.9 Å². The Morgan fingerprint density at radius 1 is 1.26 bits per heavy atom. The van der Waals surface area contributed by atoms with Crippen molar-refractivity contribution < 1.29 is 23.7 Å². The van der Waals surface area contributed by atoms with Gasteiger partial charge in [-0.3, -0.25) is 4.79 Å². The van der Waals surface area contributed by atoms with Crippen LogP contribution in [0.5, 0.6) is 0 Å². The summed E-state index contributed by atoms with van der Waals surface area (Å²) in [5, 5.41) is 0. The molecule has 0 spiro atoms. The molecule has 2 atom stereocenters. The maximum Gasteiger partial charge on any atom is 0.305 e. The number of rotatable bonds is 5. The van der Waals surface area contributed by atoms with Gasteiger partial charge in [0.1, 0.15) is 12.7 Å². The van der Waals surface area contributed by atoms with Gasteiger partial charge in [0.15, 0.2) is 0 Å². The monoisotopic (exact) mass is 266 g/mol. The summed E-state index contributed by atoms with van der Waals surface area (Å²) in [7, 11) is 0. The average Bonchev–Trinajstić information content (AvgIpc) is 2.41. The molecule has 1 aromatic carbocycles. The third-order valence-electron chi connectivity index (χ3n) is 2.65. The van der Waals surface area contributed by atoms with Crippen molar-refractivity contribution in [1.82, 2.24) is 0 Å². The van der Waals surface area contributed by atoms with Crippen molar-refractivity contribution in [3.63, 3.8) is 0 Å². The molecule has 1 fully saturated rings. The van der Waals surface area contributed by atoms with Gasteiger partial charge in [0.25, 0.3) is 0 Å². The van der Waals surface area contributed by atoms with E-state index in [1.165, 1.54) is 6.92 Å². The largest absolute Gasteiger partial charge is 0.433 e. The zero-order valence-corrected chi connectivity index (χ0v) is 10.9. The second kappa shape index (κ2) is 7.23. The highest BCUT2D eigenvalue weighted by Crippen LogP contribution is 2.10. The number of ether oxygens (including phenoxy) is 4. The van der Waals surface area contributed by atoms with Crippen LogP contribution in [-0.4, -0.2) is 38.2 Å². The van der Waals surface area contributed by atoms with Crippen LogP contribution in [0.4, 0.5) is 0 Å². The molecule has 0 aliphatic carbocycles. The summed E-state index contributed by atoms with van der Waals surface area (Å²) in [6, 6.07) is 9.94. The highest BCUT2D eigenvalue weighted by atomic mass is 16.7. The van der Waals surface area contributed by atoms with Gasteiger partial charge < -0.3 is 18.9 Å². The lowest BCUT2D eigenvalue weighted by Crippen LogP contribution is -2.40. The topological polar surface area (TPSA) is 54.0 Å². The zero-order valence-electron chi connectivity index (χ0n) is 10.9. The predicted octanol–water partition coefficient (Wildman–Crippen LogP) is 1.51. The maximum atomic E-state index is 10.7. The fraction of sp³-hybridized carbons (Fsp3) is 0.500. The number of hydrogen-bond acceptors (Lipinski definition) is 5. The van der Waals surface area contributed by atoms with Crippen molar-refractivity contribution >= 4 is 5.97 Å². The first kappa shape index (κ1) is 14.0. The number of esters is 1. The van der Waals surface area contributed by atoms with E-state index < -0.39 is 6.29 Å². The average molecular weight is 266 g/mol. The van der Waals surface area contributed by atoms with E-state index in [0.29, 0.717) is 19.8 Å². The lowest BCUT2D eigenvalue weighted by molar-refractivity contribution is -0.236. The Bertz CT molecular complexity index is 384. The van der Waals surface area contributed by atoms with Gasteiger partial charge in [-0.25, -0.2) is 0 Å². The molecule has 0 amide bonds. The Kier molecular flexibility index (Phi) is 5.32. The Morgan fingerprint density at radius 2 is 2.05 bits per heavy atom. The minimum Gasteiger partial charge on any atom is -0.433 e. The molecule has 0 aromatic heterocycles. The molecule has 0 N–H and O–H groups in total. The first-order chi connectivity index (χ1) is 9.24. The standard InChI is InChI=1S/C14H18O5/c1-11(15)19-14-10-17-13(9-18-14)8-16-7-12-5-3-2-4-6-12/h2-6,13-14H,7-10H2,1H3. The van der Waals surface area contributed by atoms with Crippen molar-refractivity contribution in [2.24, 2.45) is 0 Å². The predicted molar refractivity (Wildman–Crippen MR) is 67.3 cm³/mol. The SMILES string of the molecule is CC(=O)OC1COC(COCc2ccccc2)CO1. The van der Waals surface area contributed by atoms with E-state index in [9.17, 15) is 4.79 Å². The molecule has 0 saturated carbocycles. The van der Waals surface area contributed by atoms with Gasteiger partial charge in [-0.05, 0) is 5.56 Å². The quantitative estimate of drug-likeness (QED) is 0.756. The number of carbonyl (C=O) groups is 1. The van der Waals surface area contributed by atoms with E-state index in [2.05, 4.69) is 0 Å². The molecule has 1 heterocycles. The molecule has 1 aliphatic heterocycles. The molecule has 5 heteroatoms. The fourth-order valence-corrected chi connectivity index (χ4v) is 1.76. The van der Waals surface area contributed by atoms with E-state index in [-0.39, 0.29) is 18.7 Å². The van der Waals surface area contributed by atoms with Gasteiger partial charge in [-0.2, -0.15) is 0 Å². The maximum absolute atomic E-state index is 10.7. The molecule has 5 nitrogen and oxygen atoms in total. The van der Waals surface area contributed by atoms with E-state index in [0.717, 1.165) is 5.56 Å². The third kappa shape index (κ3) is 4.98. The van der Waals surface area contributed by atoms with Crippen LogP contribution in [0.1, 0.15) is 12.5 Å². The molecule has 1 aromatic rings. The highest BCUT2D eigenvalue weighted by Gasteiger charge is 2.24. The Morgan fingerprint density at radius 3 is 2.68 bits per heavy atom. The minimum atomic E-state index is -0.595. The zero-order chi connectivity index (χ0) is 13.5. The van der Waals surface area contributed by atoms with Crippen molar-refractivity contribution in [2.75, 3.05) is 19.8 Å². The smallest absolute Gasteiger partial charge is 0.305 e. The summed E-state index contributed by atoms with van der Waals surface area (Å²) in [6.07, 6.45) is -0.710. The molecule has 2 unspecified atom stereocenters.